The Kier molecular flexibility index (Phi) is 6.69. The van der Waals surface area contributed by atoms with Crippen molar-refractivity contribution < 1.29 is 22.4 Å². The standard InChI is InChI=1S/C23H27N3O5S2/c1-14-12-15(2)20(16(3)13-14)33(28,29)26-9-7-18(8-10-26)23(27)30-17(4)21-24-25-22(31-21)19-6-5-11-32-19/h5-6,11-13,17-18H,7-10H2,1-4H3. The van der Waals surface area contributed by atoms with Crippen LogP contribution in [0.25, 0.3) is 10.8 Å². The van der Waals surface area contributed by atoms with Gasteiger partial charge in [-0.2, -0.15) is 4.31 Å². The van der Waals surface area contributed by atoms with Gasteiger partial charge in [-0.15, -0.1) is 21.5 Å². The third kappa shape index (κ3) is 4.87. The third-order valence-corrected chi connectivity index (χ3v) is 8.87. The van der Waals surface area contributed by atoms with Crippen LogP contribution in [0.15, 0.2) is 39.0 Å². The number of rotatable bonds is 6. The molecule has 0 saturated carbocycles. The van der Waals surface area contributed by atoms with Crippen molar-refractivity contribution >= 4 is 27.3 Å². The average Bonchev–Trinajstić information content (AvgIpc) is 3.45. The van der Waals surface area contributed by atoms with E-state index in [0.29, 0.717) is 23.6 Å². The fraction of sp³-hybridized carbons (Fsp3) is 0.435. The molecule has 33 heavy (non-hydrogen) atoms. The Morgan fingerprint density at radius 2 is 1.85 bits per heavy atom. The summed E-state index contributed by atoms with van der Waals surface area (Å²) >= 11 is 1.48. The molecule has 176 valence electrons. The Labute approximate surface area is 197 Å². The summed E-state index contributed by atoms with van der Waals surface area (Å²) in [7, 11) is -3.63. The number of nitrogens with zero attached hydrogens (tertiary/aromatic N) is 3. The summed E-state index contributed by atoms with van der Waals surface area (Å²) in [5.74, 6) is -0.128. The van der Waals surface area contributed by atoms with E-state index in [4.69, 9.17) is 9.15 Å². The second kappa shape index (κ2) is 9.36. The smallest absolute Gasteiger partial charge is 0.309 e. The highest BCUT2D eigenvalue weighted by atomic mass is 32.2. The molecule has 0 bridgehead atoms. The molecule has 4 rings (SSSR count). The molecule has 0 amide bonds. The zero-order chi connectivity index (χ0) is 23.8. The monoisotopic (exact) mass is 489 g/mol. The normalized spacial score (nSPS) is 16.6. The highest BCUT2D eigenvalue weighted by Gasteiger charge is 2.35. The number of ether oxygens (including phenoxy) is 1. The van der Waals surface area contributed by atoms with Crippen LogP contribution in [-0.4, -0.2) is 42.0 Å². The molecule has 0 radical (unpaired) electrons. The molecule has 1 aliphatic heterocycles. The molecule has 3 aromatic rings. The Balaban J connectivity index is 1.37. The number of aromatic nitrogens is 2. The van der Waals surface area contributed by atoms with E-state index in [1.54, 1.807) is 6.92 Å². The predicted molar refractivity (Wildman–Crippen MR) is 124 cm³/mol. The fourth-order valence-corrected chi connectivity index (χ4v) is 6.78. The van der Waals surface area contributed by atoms with Gasteiger partial charge in [-0.05, 0) is 63.1 Å². The maximum Gasteiger partial charge on any atom is 0.309 e. The largest absolute Gasteiger partial charge is 0.452 e. The van der Waals surface area contributed by atoms with Crippen LogP contribution < -0.4 is 0 Å². The second-order valence-electron chi connectivity index (χ2n) is 8.41. The van der Waals surface area contributed by atoms with E-state index in [1.165, 1.54) is 15.6 Å². The molecular weight excluding hydrogens is 462 g/mol. The zero-order valence-corrected chi connectivity index (χ0v) is 20.7. The van der Waals surface area contributed by atoms with Crippen molar-refractivity contribution in [2.75, 3.05) is 13.1 Å². The second-order valence-corrected chi connectivity index (χ2v) is 11.2. The summed E-state index contributed by atoms with van der Waals surface area (Å²) in [6.45, 7) is 7.82. The van der Waals surface area contributed by atoms with E-state index in [9.17, 15) is 13.2 Å². The SMILES string of the molecule is Cc1cc(C)c(S(=O)(=O)N2CCC(C(=O)OC(C)c3nnc(-c4cccs4)o3)CC2)c(C)c1. The van der Waals surface area contributed by atoms with Crippen LogP contribution in [0.4, 0.5) is 0 Å². The van der Waals surface area contributed by atoms with Crippen LogP contribution in [0.2, 0.25) is 0 Å². The molecule has 1 unspecified atom stereocenters. The van der Waals surface area contributed by atoms with E-state index in [1.807, 2.05) is 50.4 Å². The van der Waals surface area contributed by atoms with Crippen LogP contribution >= 0.6 is 11.3 Å². The number of hydrogen-bond donors (Lipinski definition) is 0. The molecule has 1 atom stereocenters. The highest BCUT2D eigenvalue weighted by molar-refractivity contribution is 7.89. The molecular formula is C23H27N3O5S2. The number of carbonyl (C=O) groups is 1. The van der Waals surface area contributed by atoms with Crippen molar-refractivity contribution in [3.8, 4) is 10.8 Å². The van der Waals surface area contributed by atoms with Crippen molar-refractivity contribution in [1.82, 2.24) is 14.5 Å². The number of hydrogen-bond acceptors (Lipinski definition) is 8. The zero-order valence-electron chi connectivity index (χ0n) is 19.1. The molecule has 0 aliphatic carbocycles. The number of benzene rings is 1. The lowest BCUT2D eigenvalue weighted by Crippen LogP contribution is -2.41. The molecule has 8 nitrogen and oxygen atoms in total. The van der Waals surface area contributed by atoms with Crippen molar-refractivity contribution in [1.29, 1.82) is 0 Å². The molecule has 1 saturated heterocycles. The summed E-state index contributed by atoms with van der Waals surface area (Å²) in [6.07, 6.45) is 0.122. The van der Waals surface area contributed by atoms with Gasteiger partial charge < -0.3 is 9.15 Å². The molecule has 3 heterocycles. The molecule has 1 fully saturated rings. The molecule has 2 aromatic heterocycles. The van der Waals surface area contributed by atoms with Gasteiger partial charge in [0.05, 0.1) is 15.7 Å². The Morgan fingerprint density at radius 3 is 2.45 bits per heavy atom. The summed E-state index contributed by atoms with van der Waals surface area (Å²) in [5, 5.41) is 9.92. The summed E-state index contributed by atoms with van der Waals surface area (Å²) in [4.78, 5) is 13.9. The van der Waals surface area contributed by atoms with Crippen LogP contribution in [-0.2, 0) is 19.6 Å². The van der Waals surface area contributed by atoms with Gasteiger partial charge in [-0.3, -0.25) is 4.79 Å². The predicted octanol–water partition coefficient (Wildman–Crippen LogP) is 4.43. The van der Waals surface area contributed by atoms with E-state index in [0.717, 1.165) is 21.6 Å². The maximum atomic E-state index is 13.3. The maximum absolute atomic E-state index is 13.3. The topological polar surface area (TPSA) is 103 Å². The van der Waals surface area contributed by atoms with Gasteiger partial charge in [0.2, 0.25) is 10.0 Å². The number of aryl methyl sites for hydroxylation is 3. The summed E-state index contributed by atoms with van der Waals surface area (Å²) in [5.41, 5.74) is 2.51. The van der Waals surface area contributed by atoms with E-state index in [2.05, 4.69) is 10.2 Å². The van der Waals surface area contributed by atoms with E-state index < -0.39 is 16.1 Å². The van der Waals surface area contributed by atoms with Gasteiger partial charge >= 0.3 is 5.97 Å². The molecule has 1 aromatic carbocycles. The lowest BCUT2D eigenvalue weighted by Gasteiger charge is -2.31. The van der Waals surface area contributed by atoms with Gasteiger partial charge in [0.15, 0.2) is 6.10 Å². The van der Waals surface area contributed by atoms with Gasteiger partial charge in [-0.25, -0.2) is 8.42 Å². The number of sulfonamides is 1. The Bertz CT molecular complexity index is 1220. The van der Waals surface area contributed by atoms with Crippen molar-refractivity contribution in [2.45, 2.75) is 51.5 Å². The lowest BCUT2D eigenvalue weighted by molar-refractivity contribution is -0.156. The number of thiophene rings is 1. The molecule has 0 spiro atoms. The minimum Gasteiger partial charge on any atom is -0.452 e. The van der Waals surface area contributed by atoms with E-state index >= 15 is 0 Å². The first-order valence-electron chi connectivity index (χ1n) is 10.8. The highest BCUT2D eigenvalue weighted by Crippen LogP contribution is 2.31. The van der Waals surface area contributed by atoms with Crippen LogP contribution in [0.5, 0.6) is 0 Å². The van der Waals surface area contributed by atoms with Gasteiger partial charge in [0.1, 0.15) is 0 Å². The van der Waals surface area contributed by atoms with Crippen molar-refractivity contribution in [2.24, 2.45) is 5.92 Å². The molecule has 10 heteroatoms. The van der Waals surface area contributed by atoms with Crippen molar-refractivity contribution in [3.05, 3.63) is 52.2 Å². The first-order valence-corrected chi connectivity index (χ1v) is 13.1. The fourth-order valence-electron chi connectivity index (χ4n) is 4.25. The lowest BCUT2D eigenvalue weighted by atomic mass is 9.98. The average molecular weight is 490 g/mol. The van der Waals surface area contributed by atoms with Crippen LogP contribution in [0.3, 0.4) is 0 Å². The number of esters is 1. The van der Waals surface area contributed by atoms with Gasteiger partial charge in [0.25, 0.3) is 11.8 Å². The third-order valence-electron chi connectivity index (χ3n) is 5.80. The first-order chi connectivity index (χ1) is 15.7. The minimum absolute atomic E-state index is 0.233. The quantitative estimate of drug-likeness (QED) is 0.472. The first kappa shape index (κ1) is 23.6. The minimum atomic E-state index is -3.63. The van der Waals surface area contributed by atoms with Crippen LogP contribution in [0, 0.1) is 26.7 Å². The Hall–Kier alpha value is -2.56. The molecule has 0 N–H and O–H groups in total. The number of piperidine rings is 1. The Morgan fingerprint density at radius 1 is 1.18 bits per heavy atom. The van der Waals surface area contributed by atoms with Gasteiger partial charge in [0, 0.05) is 13.1 Å². The molecule has 1 aliphatic rings. The van der Waals surface area contributed by atoms with Crippen molar-refractivity contribution in [3.63, 3.8) is 0 Å². The van der Waals surface area contributed by atoms with Crippen LogP contribution in [0.1, 0.15) is 48.5 Å². The summed E-state index contributed by atoms with van der Waals surface area (Å²) in [6, 6.07) is 7.53. The van der Waals surface area contributed by atoms with E-state index in [-0.39, 0.29) is 30.9 Å². The number of carbonyl (C=O) groups excluding carboxylic acids is 1. The summed E-state index contributed by atoms with van der Waals surface area (Å²) < 4.78 is 39.2. The van der Waals surface area contributed by atoms with Gasteiger partial charge in [-0.1, -0.05) is 23.8 Å².